The molecule has 0 saturated carbocycles. The molecule has 3 heteroatoms. The molecule has 0 amide bonds. The molecule has 0 aliphatic carbocycles. The Morgan fingerprint density at radius 2 is 2.30 bits per heavy atom. The first-order valence-corrected chi connectivity index (χ1v) is 3.18. The molecular formula is C7H13NO2. The molecule has 0 fully saturated rings. The van der Waals surface area contributed by atoms with Crippen molar-refractivity contribution in [1.29, 1.82) is 0 Å². The number of hydrogen-bond donors (Lipinski definition) is 2. The molecule has 1 unspecified atom stereocenters. The van der Waals surface area contributed by atoms with Gasteiger partial charge in [-0.15, -0.1) is 0 Å². The minimum absolute atomic E-state index is 0.436. The van der Waals surface area contributed by atoms with Crippen molar-refractivity contribution >= 4 is 5.97 Å². The summed E-state index contributed by atoms with van der Waals surface area (Å²) < 4.78 is 0. The summed E-state index contributed by atoms with van der Waals surface area (Å²) in [6, 6.07) is -0.754. The molecule has 1 atom stereocenters. The van der Waals surface area contributed by atoms with E-state index in [9.17, 15) is 4.79 Å². The molecule has 0 heterocycles. The summed E-state index contributed by atoms with van der Waals surface area (Å²) in [5.41, 5.74) is 6.26. The fourth-order valence-corrected chi connectivity index (χ4v) is 0.552. The van der Waals surface area contributed by atoms with Gasteiger partial charge in [0.1, 0.15) is 6.04 Å². The predicted molar refractivity (Wildman–Crippen MR) is 39.7 cm³/mol. The lowest BCUT2D eigenvalue weighted by Crippen LogP contribution is -2.30. The second-order valence-corrected chi connectivity index (χ2v) is 2.28. The van der Waals surface area contributed by atoms with E-state index in [4.69, 9.17) is 10.8 Å². The minimum Gasteiger partial charge on any atom is -0.480 e. The summed E-state index contributed by atoms with van der Waals surface area (Å²) in [7, 11) is 0. The van der Waals surface area contributed by atoms with Gasteiger partial charge in [-0.2, -0.15) is 0 Å². The number of carboxylic acids is 1. The van der Waals surface area contributed by atoms with Crippen LogP contribution < -0.4 is 5.73 Å². The van der Waals surface area contributed by atoms with Gasteiger partial charge in [-0.25, -0.2) is 0 Å². The molecule has 0 aliphatic rings. The normalized spacial score (nSPS) is 14.9. The molecule has 0 radical (unpaired) electrons. The van der Waals surface area contributed by atoms with Gasteiger partial charge >= 0.3 is 5.97 Å². The Morgan fingerprint density at radius 1 is 1.80 bits per heavy atom. The van der Waals surface area contributed by atoms with E-state index < -0.39 is 12.0 Å². The van der Waals surface area contributed by atoms with E-state index in [1.54, 1.807) is 0 Å². The number of carboxylic acid groups (broad SMARTS) is 1. The van der Waals surface area contributed by atoms with Crippen molar-refractivity contribution in [2.45, 2.75) is 26.3 Å². The molecule has 0 aliphatic heterocycles. The van der Waals surface area contributed by atoms with E-state index in [1.807, 2.05) is 19.9 Å². The molecule has 0 saturated heterocycles. The Bertz CT molecular complexity index is 152. The molecule has 0 rings (SSSR count). The zero-order valence-electron chi connectivity index (χ0n) is 6.29. The number of nitrogens with two attached hydrogens (primary N) is 1. The third kappa shape index (κ3) is 3.25. The Labute approximate surface area is 60.5 Å². The first kappa shape index (κ1) is 9.17. The van der Waals surface area contributed by atoms with Gasteiger partial charge in [0.15, 0.2) is 0 Å². The van der Waals surface area contributed by atoms with Gasteiger partial charge in [-0.05, 0) is 20.3 Å². The molecule has 58 valence electrons. The van der Waals surface area contributed by atoms with Crippen LogP contribution in [-0.2, 0) is 4.79 Å². The minimum atomic E-state index is -0.943. The van der Waals surface area contributed by atoms with E-state index in [2.05, 4.69) is 0 Å². The monoisotopic (exact) mass is 143 g/mol. The van der Waals surface area contributed by atoms with Crippen LogP contribution in [0.15, 0.2) is 11.6 Å². The summed E-state index contributed by atoms with van der Waals surface area (Å²) in [6.45, 7) is 3.73. The average molecular weight is 143 g/mol. The Kier molecular flexibility index (Phi) is 3.72. The lowest BCUT2D eigenvalue weighted by molar-refractivity contribution is -0.138. The van der Waals surface area contributed by atoms with E-state index in [-0.39, 0.29) is 0 Å². The summed E-state index contributed by atoms with van der Waals surface area (Å²) in [6.07, 6.45) is 2.30. The largest absolute Gasteiger partial charge is 0.480 e. The van der Waals surface area contributed by atoms with Gasteiger partial charge in [-0.1, -0.05) is 11.6 Å². The van der Waals surface area contributed by atoms with Gasteiger partial charge in [-0.3, -0.25) is 4.79 Å². The highest BCUT2D eigenvalue weighted by molar-refractivity contribution is 5.73. The fourth-order valence-electron chi connectivity index (χ4n) is 0.552. The van der Waals surface area contributed by atoms with Crippen LogP contribution >= 0.6 is 0 Å². The predicted octanol–water partition coefficient (Wildman–Crippen LogP) is 0.755. The molecule has 0 aromatic rings. The summed E-state index contributed by atoms with van der Waals surface area (Å²) in [5.74, 6) is -0.943. The summed E-state index contributed by atoms with van der Waals surface area (Å²) >= 11 is 0. The quantitative estimate of drug-likeness (QED) is 0.573. The van der Waals surface area contributed by atoms with Crippen LogP contribution in [0.5, 0.6) is 0 Å². The first-order valence-electron chi connectivity index (χ1n) is 3.18. The molecule has 0 spiro atoms. The Morgan fingerprint density at radius 3 is 2.60 bits per heavy atom. The van der Waals surface area contributed by atoms with Crippen LogP contribution in [0, 0.1) is 0 Å². The zero-order valence-corrected chi connectivity index (χ0v) is 6.29. The SMILES string of the molecule is C/C=C(/C)CC(N)C(=O)O. The van der Waals surface area contributed by atoms with Crippen molar-refractivity contribution in [2.24, 2.45) is 5.73 Å². The van der Waals surface area contributed by atoms with Crippen LogP contribution in [0.25, 0.3) is 0 Å². The fraction of sp³-hybridized carbons (Fsp3) is 0.571. The van der Waals surface area contributed by atoms with Gasteiger partial charge in [0, 0.05) is 0 Å². The van der Waals surface area contributed by atoms with Crippen LogP contribution in [0.2, 0.25) is 0 Å². The van der Waals surface area contributed by atoms with Crippen molar-refractivity contribution in [2.75, 3.05) is 0 Å². The molecule has 0 bridgehead atoms. The molecule has 10 heavy (non-hydrogen) atoms. The van der Waals surface area contributed by atoms with Crippen molar-refractivity contribution in [3.8, 4) is 0 Å². The summed E-state index contributed by atoms with van der Waals surface area (Å²) in [5, 5.41) is 8.37. The zero-order chi connectivity index (χ0) is 8.15. The lowest BCUT2D eigenvalue weighted by Gasteiger charge is -2.04. The molecule has 3 nitrogen and oxygen atoms in total. The van der Waals surface area contributed by atoms with E-state index >= 15 is 0 Å². The third-order valence-corrected chi connectivity index (χ3v) is 1.35. The van der Waals surface area contributed by atoms with Gasteiger partial charge in [0.05, 0.1) is 0 Å². The van der Waals surface area contributed by atoms with Crippen LogP contribution in [0.3, 0.4) is 0 Å². The first-order chi connectivity index (χ1) is 4.57. The highest BCUT2D eigenvalue weighted by atomic mass is 16.4. The number of hydrogen-bond acceptors (Lipinski definition) is 2. The molecule has 0 aromatic heterocycles. The average Bonchev–Trinajstić information content (AvgIpc) is 1.87. The van der Waals surface area contributed by atoms with Gasteiger partial charge in [0.25, 0.3) is 0 Å². The Hall–Kier alpha value is -0.830. The summed E-state index contributed by atoms with van der Waals surface area (Å²) in [4.78, 5) is 10.2. The maximum Gasteiger partial charge on any atom is 0.320 e. The van der Waals surface area contributed by atoms with Crippen molar-refractivity contribution in [3.05, 3.63) is 11.6 Å². The number of aliphatic carboxylic acids is 1. The molecule has 3 N–H and O–H groups in total. The van der Waals surface area contributed by atoms with Crippen molar-refractivity contribution in [1.82, 2.24) is 0 Å². The molecule has 0 aromatic carbocycles. The maximum absolute atomic E-state index is 10.2. The second kappa shape index (κ2) is 4.06. The smallest absolute Gasteiger partial charge is 0.320 e. The van der Waals surface area contributed by atoms with E-state index in [1.165, 1.54) is 0 Å². The van der Waals surface area contributed by atoms with Crippen LogP contribution in [0.4, 0.5) is 0 Å². The van der Waals surface area contributed by atoms with Gasteiger partial charge < -0.3 is 10.8 Å². The number of rotatable bonds is 3. The lowest BCUT2D eigenvalue weighted by atomic mass is 10.1. The van der Waals surface area contributed by atoms with Gasteiger partial charge in [0.2, 0.25) is 0 Å². The van der Waals surface area contributed by atoms with E-state index in [0.717, 1.165) is 5.57 Å². The van der Waals surface area contributed by atoms with Crippen LogP contribution in [0.1, 0.15) is 20.3 Å². The maximum atomic E-state index is 10.2. The van der Waals surface area contributed by atoms with Crippen molar-refractivity contribution < 1.29 is 9.90 Å². The van der Waals surface area contributed by atoms with Crippen LogP contribution in [-0.4, -0.2) is 17.1 Å². The third-order valence-electron chi connectivity index (χ3n) is 1.35. The number of carbonyl (C=O) groups is 1. The second-order valence-electron chi connectivity index (χ2n) is 2.28. The highest BCUT2D eigenvalue weighted by Gasteiger charge is 2.10. The number of allylic oxidation sites excluding steroid dienone is 1. The Balaban J connectivity index is 3.80. The topological polar surface area (TPSA) is 63.3 Å². The van der Waals surface area contributed by atoms with Crippen molar-refractivity contribution in [3.63, 3.8) is 0 Å². The standard InChI is InChI=1S/C7H13NO2/c1-3-5(2)4-6(8)7(9)10/h3,6H,4,8H2,1-2H3,(H,9,10)/b5-3-. The van der Waals surface area contributed by atoms with E-state index in [0.29, 0.717) is 6.42 Å². The highest BCUT2D eigenvalue weighted by Crippen LogP contribution is 2.01. The molecular weight excluding hydrogens is 130 g/mol.